The Bertz CT molecular complexity index is 107. The number of aliphatic hydroxyl groups excluding tert-OH is 1. The molecule has 1 saturated heterocycles. The van der Waals surface area contributed by atoms with E-state index in [1.807, 2.05) is 6.92 Å². The van der Waals surface area contributed by atoms with Gasteiger partial charge in [0.25, 0.3) is 0 Å². The van der Waals surface area contributed by atoms with Gasteiger partial charge in [0.1, 0.15) is 6.10 Å². The number of ether oxygens (including phenoxy) is 1. The molecule has 1 aliphatic heterocycles. The summed E-state index contributed by atoms with van der Waals surface area (Å²) < 4.78 is 4.90. The molecule has 52 valence electrons. The number of hydrogen-bond acceptors (Lipinski definition) is 2. The van der Waals surface area contributed by atoms with Crippen LogP contribution in [0.1, 0.15) is 6.92 Å². The van der Waals surface area contributed by atoms with Gasteiger partial charge in [0.2, 0.25) is 0 Å². The molecule has 9 heavy (non-hydrogen) atoms. The fraction of sp³-hybridized carbons (Fsp3) is 0.714. The van der Waals surface area contributed by atoms with Gasteiger partial charge >= 0.3 is 0 Å². The fourth-order valence-electron chi connectivity index (χ4n) is 0.731. The Balaban J connectivity index is 2.30. The van der Waals surface area contributed by atoms with Gasteiger partial charge in [0, 0.05) is 5.92 Å². The van der Waals surface area contributed by atoms with E-state index in [0.717, 1.165) is 0 Å². The SMILES string of the molecule is C=C[C@H](C)[C@H](O)[C@H]1CO1. The van der Waals surface area contributed by atoms with Gasteiger partial charge in [-0.15, -0.1) is 6.58 Å². The minimum absolute atomic E-state index is 0.0815. The smallest absolute Gasteiger partial charge is 0.107 e. The van der Waals surface area contributed by atoms with Crippen LogP contribution in [0.2, 0.25) is 0 Å². The normalized spacial score (nSPS) is 31.1. The first kappa shape index (κ1) is 6.78. The lowest BCUT2D eigenvalue weighted by Gasteiger charge is -2.10. The maximum atomic E-state index is 9.26. The van der Waals surface area contributed by atoms with Gasteiger partial charge < -0.3 is 9.84 Å². The van der Waals surface area contributed by atoms with E-state index in [1.165, 1.54) is 0 Å². The predicted molar refractivity (Wildman–Crippen MR) is 35.1 cm³/mol. The van der Waals surface area contributed by atoms with Gasteiger partial charge in [-0.3, -0.25) is 0 Å². The lowest BCUT2D eigenvalue weighted by Crippen LogP contribution is -2.21. The third-order valence-corrected chi connectivity index (χ3v) is 1.65. The zero-order valence-corrected chi connectivity index (χ0v) is 5.58. The van der Waals surface area contributed by atoms with E-state index in [2.05, 4.69) is 6.58 Å². The molecular weight excluding hydrogens is 116 g/mol. The summed E-state index contributed by atoms with van der Waals surface area (Å²) in [5, 5.41) is 9.26. The topological polar surface area (TPSA) is 32.8 Å². The first-order valence-electron chi connectivity index (χ1n) is 3.18. The standard InChI is InChI=1S/C7H12O2/c1-3-5(2)7(8)6-4-9-6/h3,5-8H,1,4H2,2H3/t5-,6+,7-/m0/s1. The maximum Gasteiger partial charge on any atom is 0.107 e. The van der Waals surface area contributed by atoms with Crippen molar-refractivity contribution in [3.05, 3.63) is 12.7 Å². The molecule has 0 radical (unpaired) electrons. The van der Waals surface area contributed by atoms with Gasteiger partial charge in [0.05, 0.1) is 12.7 Å². The summed E-state index contributed by atoms with van der Waals surface area (Å²) in [7, 11) is 0. The van der Waals surface area contributed by atoms with Crippen LogP contribution in [0.5, 0.6) is 0 Å². The van der Waals surface area contributed by atoms with Crippen molar-refractivity contribution in [2.45, 2.75) is 19.1 Å². The Morgan fingerprint density at radius 2 is 2.44 bits per heavy atom. The zero-order chi connectivity index (χ0) is 6.85. The molecular formula is C7H12O2. The van der Waals surface area contributed by atoms with E-state index in [1.54, 1.807) is 6.08 Å². The Hall–Kier alpha value is -0.340. The molecule has 0 aromatic carbocycles. The highest BCUT2D eigenvalue weighted by atomic mass is 16.6. The van der Waals surface area contributed by atoms with Crippen LogP contribution in [0, 0.1) is 5.92 Å². The van der Waals surface area contributed by atoms with Crippen molar-refractivity contribution < 1.29 is 9.84 Å². The highest BCUT2D eigenvalue weighted by Gasteiger charge is 2.33. The highest BCUT2D eigenvalue weighted by Crippen LogP contribution is 2.20. The Kier molecular flexibility index (Phi) is 1.88. The zero-order valence-electron chi connectivity index (χ0n) is 5.58. The molecule has 0 spiro atoms. The van der Waals surface area contributed by atoms with Crippen LogP contribution < -0.4 is 0 Å². The average Bonchev–Trinajstić information content (AvgIpc) is 2.66. The highest BCUT2D eigenvalue weighted by molar-refractivity contribution is 4.89. The molecule has 0 aliphatic carbocycles. The molecule has 0 unspecified atom stereocenters. The van der Waals surface area contributed by atoms with Crippen molar-refractivity contribution in [2.75, 3.05) is 6.61 Å². The third-order valence-electron chi connectivity index (χ3n) is 1.65. The van der Waals surface area contributed by atoms with E-state index in [9.17, 15) is 5.11 Å². The minimum atomic E-state index is -0.345. The van der Waals surface area contributed by atoms with Crippen LogP contribution in [0.4, 0.5) is 0 Å². The molecule has 0 aromatic rings. The second-order valence-corrected chi connectivity index (χ2v) is 2.46. The molecule has 2 heteroatoms. The van der Waals surface area contributed by atoms with Crippen LogP contribution in [0.25, 0.3) is 0 Å². The minimum Gasteiger partial charge on any atom is -0.390 e. The second-order valence-electron chi connectivity index (χ2n) is 2.46. The third kappa shape index (κ3) is 1.53. The Morgan fingerprint density at radius 1 is 1.89 bits per heavy atom. The van der Waals surface area contributed by atoms with Crippen LogP contribution in [0.3, 0.4) is 0 Å². The molecule has 1 rings (SSSR count). The summed E-state index contributed by atoms with van der Waals surface area (Å²) in [4.78, 5) is 0. The van der Waals surface area contributed by atoms with Crippen molar-refractivity contribution in [3.8, 4) is 0 Å². The van der Waals surface area contributed by atoms with Gasteiger partial charge in [0.15, 0.2) is 0 Å². The van der Waals surface area contributed by atoms with E-state index in [0.29, 0.717) is 6.61 Å². The largest absolute Gasteiger partial charge is 0.390 e. The molecule has 1 fully saturated rings. The van der Waals surface area contributed by atoms with Gasteiger partial charge in [-0.05, 0) is 0 Å². The number of aliphatic hydroxyl groups is 1. The quantitative estimate of drug-likeness (QED) is 0.445. The fourth-order valence-corrected chi connectivity index (χ4v) is 0.731. The van der Waals surface area contributed by atoms with E-state index < -0.39 is 0 Å². The predicted octanol–water partition coefficient (Wildman–Crippen LogP) is 0.568. The van der Waals surface area contributed by atoms with Crippen LogP contribution in [0.15, 0.2) is 12.7 Å². The van der Waals surface area contributed by atoms with Gasteiger partial charge in [-0.2, -0.15) is 0 Å². The summed E-state index contributed by atoms with van der Waals surface area (Å²) in [6.45, 7) is 6.21. The summed E-state index contributed by atoms with van der Waals surface area (Å²) in [6.07, 6.45) is 1.48. The number of rotatable bonds is 3. The summed E-state index contributed by atoms with van der Waals surface area (Å²) in [6, 6.07) is 0. The molecule has 0 aromatic heterocycles. The molecule has 3 atom stereocenters. The summed E-state index contributed by atoms with van der Waals surface area (Å²) in [5.74, 6) is 0.150. The van der Waals surface area contributed by atoms with Crippen molar-refractivity contribution >= 4 is 0 Å². The van der Waals surface area contributed by atoms with Crippen molar-refractivity contribution in [3.63, 3.8) is 0 Å². The van der Waals surface area contributed by atoms with Gasteiger partial charge in [-0.25, -0.2) is 0 Å². The number of hydrogen-bond donors (Lipinski definition) is 1. The van der Waals surface area contributed by atoms with Crippen molar-refractivity contribution in [2.24, 2.45) is 5.92 Å². The molecule has 0 bridgehead atoms. The Morgan fingerprint density at radius 3 is 2.78 bits per heavy atom. The number of epoxide rings is 1. The molecule has 1 aliphatic rings. The van der Waals surface area contributed by atoms with Crippen LogP contribution in [-0.4, -0.2) is 23.9 Å². The first-order chi connectivity index (χ1) is 4.25. The molecule has 1 N–H and O–H groups in total. The Labute approximate surface area is 55.1 Å². The first-order valence-corrected chi connectivity index (χ1v) is 3.18. The maximum absolute atomic E-state index is 9.26. The van der Waals surface area contributed by atoms with E-state index >= 15 is 0 Å². The lowest BCUT2D eigenvalue weighted by molar-refractivity contribution is 0.103. The summed E-state index contributed by atoms with van der Waals surface area (Å²) in [5.41, 5.74) is 0. The average molecular weight is 128 g/mol. The van der Waals surface area contributed by atoms with Crippen LogP contribution in [-0.2, 0) is 4.74 Å². The van der Waals surface area contributed by atoms with Crippen molar-refractivity contribution in [1.82, 2.24) is 0 Å². The monoisotopic (exact) mass is 128 g/mol. The van der Waals surface area contributed by atoms with E-state index in [-0.39, 0.29) is 18.1 Å². The summed E-state index contributed by atoms with van der Waals surface area (Å²) >= 11 is 0. The van der Waals surface area contributed by atoms with Gasteiger partial charge in [-0.1, -0.05) is 13.0 Å². The molecule has 0 amide bonds. The van der Waals surface area contributed by atoms with E-state index in [4.69, 9.17) is 4.74 Å². The second kappa shape index (κ2) is 2.50. The molecule has 2 nitrogen and oxygen atoms in total. The van der Waals surface area contributed by atoms with Crippen LogP contribution >= 0.6 is 0 Å². The molecule has 0 saturated carbocycles. The lowest BCUT2D eigenvalue weighted by atomic mass is 10.0. The van der Waals surface area contributed by atoms with Crippen molar-refractivity contribution in [1.29, 1.82) is 0 Å². The molecule has 1 heterocycles.